The molecule has 2 heterocycles. The Morgan fingerprint density at radius 1 is 1.31 bits per heavy atom. The van der Waals surface area contributed by atoms with E-state index in [0.29, 0.717) is 24.3 Å². The highest BCUT2D eigenvalue weighted by Gasteiger charge is 2.27. The molecule has 1 fully saturated rings. The molecule has 1 aromatic rings. The summed E-state index contributed by atoms with van der Waals surface area (Å²) in [4.78, 5) is 14.8. The number of ether oxygens (including phenoxy) is 1. The third-order valence-electron chi connectivity index (χ3n) is 5.04. The van der Waals surface area contributed by atoms with Gasteiger partial charge in [0.05, 0.1) is 19.0 Å². The standard InChI is InChI=1S/C18H33N5O2S/c1-5-15(6-2)16(22-7-9-25-10-8-22)11-19-17(24)12-26-18-21-20-13-23(18)14(3)4/h13-16H,5-12H2,1-4H3,(H,19,24). The molecule has 1 aliphatic heterocycles. The molecule has 0 radical (unpaired) electrons. The maximum absolute atomic E-state index is 12.4. The van der Waals surface area contributed by atoms with Crippen LogP contribution in [0.4, 0.5) is 0 Å². The smallest absolute Gasteiger partial charge is 0.230 e. The maximum atomic E-state index is 12.4. The molecule has 1 unspecified atom stereocenters. The highest BCUT2D eigenvalue weighted by atomic mass is 32.2. The third kappa shape index (κ3) is 5.96. The highest BCUT2D eigenvalue weighted by Crippen LogP contribution is 2.20. The van der Waals surface area contributed by atoms with Crippen molar-refractivity contribution in [2.45, 2.75) is 57.8 Å². The molecule has 0 aliphatic carbocycles. The molecule has 2 rings (SSSR count). The minimum Gasteiger partial charge on any atom is -0.379 e. The molecule has 1 atom stereocenters. The van der Waals surface area contributed by atoms with Gasteiger partial charge < -0.3 is 14.6 Å². The van der Waals surface area contributed by atoms with Gasteiger partial charge in [0.1, 0.15) is 6.33 Å². The van der Waals surface area contributed by atoms with E-state index in [-0.39, 0.29) is 11.9 Å². The largest absolute Gasteiger partial charge is 0.379 e. The number of amides is 1. The number of rotatable bonds is 10. The van der Waals surface area contributed by atoms with Crippen molar-refractivity contribution in [3.8, 4) is 0 Å². The van der Waals surface area contributed by atoms with E-state index in [2.05, 4.69) is 48.1 Å². The number of nitrogens with zero attached hydrogens (tertiary/aromatic N) is 4. The number of nitrogens with one attached hydrogen (secondary N) is 1. The van der Waals surface area contributed by atoms with E-state index in [0.717, 1.165) is 44.3 Å². The lowest BCUT2D eigenvalue weighted by atomic mass is 9.92. The summed E-state index contributed by atoms with van der Waals surface area (Å²) in [6.07, 6.45) is 3.97. The SMILES string of the molecule is CCC(CC)C(CNC(=O)CSc1nncn1C(C)C)N1CCOCC1. The van der Waals surface area contributed by atoms with Gasteiger partial charge in [0.25, 0.3) is 0 Å². The van der Waals surface area contributed by atoms with Crippen molar-refractivity contribution >= 4 is 17.7 Å². The second kappa shape index (κ2) is 10.9. The van der Waals surface area contributed by atoms with Crippen LogP contribution in [0.1, 0.15) is 46.6 Å². The monoisotopic (exact) mass is 383 g/mol. The zero-order chi connectivity index (χ0) is 18.9. The van der Waals surface area contributed by atoms with E-state index in [1.54, 1.807) is 6.33 Å². The van der Waals surface area contributed by atoms with Crippen molar-refractivity contribution in [1.29, 1.82) is 0 Å². The summed E-state index contributed by atoms with van der Waals surface area (Å²) in [6.45, 7) is 12.8. The first-order valence-electron chi connectivity index (χ1n) is 9.67. The predicted octanol–water partition coefficient (Wildman–Crippen LogP) is 2.20. The Hall–Kier alpha value is -1.12. The minimum absolute atomic E-state index is 0.0533. The summed E-state index contributed by atoms with van der Waals surface area (Å²) in [5.74, 6) is 1.01. The van der Waals surface area contributed by atoms with Crippen LogP contribution in [0.3, 0.4) is 0 Å². The van der Waals surface area contributed by atoms with Crippen LogP contribution in [-0.4, -0.2) is 70.2 Å². The van der Waals surface area contributed by atoms with Gasteiger partial charge in [-0.3, -0.25) is 9.69 Å². The van der Waals surface area contributed by atoms with Crippen molar-refractivity contribution in [2.24, 2.45) is 5.92 Å². The lowest BCUT2D eigenvalue weighted by Gasteiger charge is -2.38. The molecule has 1 N–H and O–H groups in total. The first-order valence-corrected chi connectivity index (χ1v) is 10.7. The zero-order valence-electron chi connectivity index (χ0n) is 16.5. The average Bonchev–Trinajstić information content (AvgIpc) is 3.13. The molecule has 0 bridgehead atoms. The lowest BCUT2D eigenvalue weighted by Crippen LogP contribution is -2.52. The van der Waals surface area contributed by atoms with E-state index >= 15 is 0 Å². The second-order valence-corrected chi connectivity index (χ2v) is 7.94. The number of carbonyl (C=O) groups is 1. The molecule has 26 heavy (non-hydrogen) atoms. The van der Waals surface area contributed by atoms with Gasteiger partial charge in [0.15, 0.2) is 5.16 Å². The van der Waals surface area contributed by atoms with Crippen molar-refractivity contribution in [2.75, 3.05) is 38.6 Å². The summed E-state index contributed by atoms with van der Waals surface area (Å²) in [5.41, 5.74) is 0. The Morgan fingerprint density at radius 3 is 2.62 bits per heavy atom. The number of hydrogen-bond acceptors (Lipinski definition) is 6. The topological polar surface area (TPSA) is 72.3 Å². The van der Waals surface area contributed by atoms with Gasteiger partial charge in [0.2, 0.25) is 5.91 Å². The Balaban J connectivity index is 1.86. The Labute approximate surface area is 161 Å². The average molecular weight is 384 g/mol. The normalized spacial score (nSPS) is 17.0. The summed E-state index contributed by atoms with van der Waals surface area (Å²) < 4.78 is 7.47. The van der Waals surface area contributed by atoms with E-state index in [1.807, 2.05) is 4.57 Å². The van der Waals surface area contributed by atoms with E-state index < -0.39 is 0 Å². The summed E-state index contributed by atoms with van der Waals surface area (Å²) in [6, 6.07) is 0.665. The molecule has 1 aliphatic rings. The van der Waals surface area contributed by atoms with Gasteiger partial charge in [0, 0.05) is 31.7 Å². The molecule has 148 valence electrons. The van der Waals surface area contributed by atoms with Crippen LogP contribution < -0.4 is 5.32 Å². The van der Waals surface area contributed by atoms with Gasteiger partial charge in [-0.2, -0.15) is 0 Å². The molecule has 7 nitrogen and oxygen atoms in total. The minimum atomic E-state index is 0.0533. The third-order valence-corrected chi connectivity index (χ3v) is 6.00. The zero-order valence-corrected chi connectivity index (χ0v) is 17.3. The highest BCUT2D eigenvalue weighted by molar-refractivity contribution is 7.99. The van der Waals surface area contributed by atoms with Gasteiger partial charge in [-0.1, -0.05) is 38.5 Å². The molecule has 0 spiro atoms. The Bertz CT molecular complexity index is 541. The lowest BCUT2D eigenvalue weighted by molar-refractivity contribution is -0.119. The predicted molar refractivity (Wildman–Crippen MR) is 104 cm³/mol. The van der Waals surface area contributed by atoms with E-state index in [1.165, 1.54) is 11.8 Å². The van der Waals surface area contributed by atoms with Crippen LogP contribution in [0.15, 0.2) is 11.5 Å². The molecule has 8 heteroatoms. The number of aromatic nitrogens is 3. The van der Waals surface area contributed by atoms with Crippen LogP contribution >= 0.6 is 11.8 Å². The van der Waals surface area contributed by atoms with Crippen molar-refractivity contribution < 1.29 is 9.53 Å². The first kappa shape index (κ1) is 21.2. The fraction of sp³-hybridized carbons (Fsp3) is 0.833. The van der Waals surface area contributed by atoms with Crippen LogP contribution in [0, 0.1) is 5.92 Å². The molecule has 1 amide bonds. The quantitative estimate of drug-likeness (QED) is 0.625. The van der Waals surface area contributed by atoms with E-state index in [9.17, 15) is 4.79 Å². The molecular formula is C18H33N5O2S. The van der Waals surface area contributed by atoms with Crippen molar-refractivity contribution in [3.63, 3.8) is 0 Å². The summed E-state index contributed by atoms with van der Waals surface area (Å²) >= 11 is 1.44. The maximum Gasteiger partial charge on any atom is 0.230 e. The molecule has 1 aromatic heterocycles. The number of carbonyl (C=O) groups excluding carboxylic acids is 1. The molecule has 0 aromatic carbocycles. The van der Waals surface area contributed by atoms with E-state index in [4.69, 9.17) is 4.74 Å². The molecule has 1 saturated heterocycles. The van der Waals surface area contributed by atoms with Crippen molar-refractivity contribution in [3.05, 3.63) is 6.33 Å². The first-order chi connectivity index (χ1) is 12.6. The molecular weight excluding hydrogens is 350 g/mol. The Kier molecular flexibility index (Phi) is 8.87. The fourth-order valence-corrected chi connectivity index (χ4v) is 4.30. The van der Waals surface area contributed by atoms with Crippen LogP contribution in [0.25, 0.3) is 0 Å². The Morgan fingerprint density at radius 2 is 2.00 bits per heavy atom. The summed E-state index contributed by atoms with van der Waals surface area (Å²) in [7, 11) is 0. The fourth-order valence-electron chi connectivity index (χ4n) is 3.42. The van der Waals surface area contributed by atoms with Crippen LogP contribution in [0.2, 0.25) is 0 Å². The number of morpholine rings is 1. The van der Waals surface area contributed by atoms with Gasteiger partial charge in [-0.15, -0.1) is 10.2 Å². The van der Waals surface area contributed by atoms with Crippen molar-refractivity contribution in [1.82, 2.24) is 25.0 Å². The molecule has 0 saturated carbocycles. The second-order valence-electron chi connectivity index (χ2n) is 7.00. The van der Waals surface area contributed by atoms with Gasteiger partial charge >= 0.3 is 0 Å². The number of thioether (sulfide) groups is 1. The summed E-state index contributed by atoms with van der Waals surface area (Å²) in [5, 5.41) is 12.0. The van der Waals surface area contributed by atoms with Crippen LogP contribution in [-0.2, 0) is 9.53 Å². The number of hydrogen-bond donors (Lipinski definition) is 1. The van der Waals surface area contributed by atoms with Crippen LogP contribution in [0.5, 0.6) is 0 Å². The van der Waals surface area contributed by atoms with Gasteiger partial charge in [-0.25, -0.2) is 0 Å². The van der Waals surface area contributed by atoms with Gasteiger partial charge in [-0.05, 0) is 19.8 Å².